The number of carbonyl (C=O) groups excluding carboxylic acids is 1. The van der Waals surface area contributed by atoms with Crippen molar-refractivity contribution in [3.8, 4) is 11.5 Å². The highest BCUT2D eigenvalue weighted by Gasteiger charge is 2.20. The highest BCUT2D eigenvalue weighted by molar-refractivity contribution is 7.15. The minimum absolute atomic E-state index is 0.0777. The maximum atomic E-state index is 12.1. The van der Waals surface area contributed by atoms with Crippen molar-refractivity contribution in [3.63, 3.8) is 0 Å². The Morgan fingerprint density at radius 1 is 1.38 bits per heavy atom. The molecule has 0 spiro atoms. The van der Waals surface area contributed by atoms with E-state index in [1.807, 2.05) is 12.1 Å². The predicted molar refractivity (Wildman–Crippen MR) is 93.9 cm³/mol. The third kappa shape index (κ3) is 3.85. The van der Waals surface area contributed by atoms with Crippen molar-refractivity contribution in [1.82, 2.24) is 9.88 Å². The van der Waals surface area contributed by atoms with E-state index >= 15 is 0 Å². The van der Waals surface area contributed by atoms with Crippen molar-refractivity contribution in [2.75, 3.05) is 32.1 Å². The summed E-state index contributed by atoms with van der Waals surface area (Å²) in [6, 6.07) is 7.25. The number of aromatic nitrogens is 1. The molecule has 128 valence electrons. The average Bonchev–Trinajstić information content (AvgIpc) is 3.01. The van der Waals surface area contributed by atoms with Gasteiger partial charge in [-0.3, -0.25) is 15.0 Å². The maximum absolute atomic E-state index is 12.1. The van der Waals surface area contributed by atoms with Crippen molar-refractivity contribution < 1.29 is 14.3 Å². The number of rotatable bonds is 6. The highest BCUT2D eigenvalue weighted by atomic mass is 32.1. The Balaban J connectivity index is 1.57. The Labute approximate surface area is 145 Å². The third-order valence-corrected chi connectivity index (χ3v) is 4.93. The van der Waals surface area contributed by atoms with Crippen LogP contribution in [0.3, 0.4) is 0 Å². The molecule has 0 unspecified atom stereocenters. The molecule has 0 saturated heterocycles. The van der Waals surface area contributed by atoms with Gasteiger partial charge in [-0.05, 0) is 18.7 Å². The van der Waals surface area contributed by atoms with Gasteiger partial charge in [0.1, 0.15) is 0 Å². The van der Waals surface area contributed by atoms with Gasteiger partial charge in [0.2, 0.25) is 0 Å². The number of nitrogens with zero attached hydrogens (tertiary/aromatic N) is 2. The Morgan fingerprint density at radius 2 is 2.17 bits per heavy atom. The van der Waals surface area contributed by atoms with E-state index in [1.54, 1.807) is 30.6 Å². The maximum Gasteiger partial charge on any atom is 0.264 e. The van der Waals surface area contributed by atoms with Crippen molar-refractivity contribution >= 4 is 22.4 Å². The summed E-state index contributed by atoms with van der Waals surface area (Å²) in [5.74, 6) is 0.932. The summed E-state index contributed by atoms with van der Waals surface area (Å²) >= 11 is 1.55. The fourth-order valence-corrected chi connectivity index (χ4v) is 3.68. The second kappa shape index (κ2) is 7.63. The van der Waals surface area contributed by atoms with Gasteiger partial charge in [-0.2, -0.15) is 0 Å². The zero-order valence-corrected chi connectivity index (χ0v) is 14.7. The number of carbonyl (C=O) groups is 1. The minimum Gasteiger partial charge on any atom is -0.493 e. The first-order valence-electron chi connectivity index (χ1n) is 7.96. The van der Waals surface area contributed by atoms with Crippen LogP contribution in [0, 0.1) is 0 Å². The van der Waals surface area contributed by atoms with Crippen molar-refractivity contribution in [1.29, 1.82) is 0 Å². The Hall–Kier alpha value is -2.12. The number of fused-ring (bicyclic) bond motifs is 1. The lowest BCUT2D eigenvalue weighted by atomic mass is 10.2. The van der Waals surface area contributed by atoms with Crippen molar-refractivity contribution in [3.05, 3.63) is 34.8 Å². The predicted octanol–water partition coefficient (Wildman–Crippen LogP) is 2.55. The van der Waals surface area contributed by atoms with Crippen LogP contribution in [0.5, 0.6) is 11.5 Å². The molecule has 1 aromatic carbocycles. The first-order valence-corrected chi connectivity index (χ1v) is 8.78. The number of thiazole rings is 1. The second-order valence-electron chi connectivity index (χ2n) is 5.50. The monoisotopic (exact) mass is 347 g/mol. The van der Waals surface area contributed by atoms with Crippen molar-refractivity contribution in [2.24, 2.45) is 0 Å². The zero-order valence-electron chi connectivity index (χ0n) is 13.9. The van der Waals surface area contributed by atoms with Crippen LogP contribution >= 0.6 is 11.3 Å². The number of nitrogens with one attached hydrogen (secondary N) is 1. The van der Waals surface area contributed by atoms with E-state index in [4.69, 9.17) is 9.47 Å². The molecule has 0 atom stereocenters. The van der Waals surface area contributed by atoms with Gasteiger partial charge < -0.3 is 9.47 Å². The lowest BCUT2D eigenvalue weighted by molar-refractivity contribution is -0.118. The van der Waals surface area contributed by atoms with Gasteiger partial charge in [0.15, 0.2) is 23.2 Å². The SMILES string of the molecule is CCN1CCc2nc(NC(=O)COc3ccccc3OC)sc2C1. The fourth-order valence-electron chi connectivity index (χ4n) is 2.61. The van der Waals surface area contributed by atoms with E-state index in [0.29, 0.717) is 16.6 Å². The van der Waals surface area contributed by atoms with Crippen molar-refractivity contribution in [2.45, 2.75) is 19.9 Å². The molecule has 0 aliphatic carbocycles. The minimum atomic E-state index is -0.223. The second-order valence-corrected chi connectivity index (χ2v) is 6.58. The smallest absolute Gasteiger partial charge is 0.264 e. The van der Waals surface area contributed by atoms with Crippen LogP contribution in [0.25, 0.3) is 0 Å². The lowest BCUT2D eigenvalue weighted by Crippen LogP contribution is -2.29. The molecular formula is C17H21N3O3S. The summed E-state index contributed by atoms with van der Waals surface area (Å²) in [7, 11) is 1.57. The molecule has 0 radical (unpaired) electrons. The number of hydrogen-bond donors (Lipinski definition) is 1. The molecule has 1 aliphatic heterocycles. The van der Waals surface area contributed by atoms with E-state index in [0.717, 1.165) is 31.7 Å². The van der Waals surface area contributed by atoms with Crippen LogP contribution in [-0.4, -0.2) is 42.6 Å². The Bertz CT molecular complexity index is 717. The molecular weight excluding hydrogens is 326 g/mol. The summed E-state index contributed by atoms with van der Waals surface area (Å²) in [6.45, 7) is 5.05. The summed E-state index contributed by atoms with van der Waals surface area (Å²) < 4.78 is 10.7. The van der Waals surface area contributed by atoms with Gasteiger partial charge in [-0.15, -0.1) is 11.3 Å². The van der Waals surface area contributed by atoms with Gasteiger partial charge in [0, 0.05) is 24.4 Å². The molecule has 0 bridgehead atoms. The first-order chi connectivity index (χ1) is 11.7. The summed E-state index contributed by atoms with van der Waals surface area (Å²) in [5.41, 5.74) is 1.10. The molecule has 2 aromatic rings. The lowest BCUT2D eigenvalue weighted by Gasteiger charge is -2.23. The van der Waals surface area contributed by atoms with E-state index in [1.165, 1.54) is 4.88 Å². The molecule has 1 N–H and O–H groups in total. The third-order valence-electron chi connectivity index (χ3n) is 3.93. The van der Waals surface area contributed by atoms with Gasteiger partial charge >= 0.3 is 0 Å². The number of para-hydroxylation sites is 2. The van der Waals surface area contributed by atoms with Crippen LogP contribution < -0.4 is 14.8 Å². The Morgan fingerprint density at radius 3 is 2.92 bits per heavy atom. The van der Waals surface area contributed by atoms with Gasteiger partial charge in [0.25, 0.3) is 5.91 Å². The average molecular weight is 347 g/mol. The van der Waals surface area contributed by atoms with Crippen LogP contribution in [0.4, 0.5) is 5.13 Å². The Kier molecular flexibility index (Phi) is 5.32. The van der Waals surface area contributed by atoms with Crippen LogP contribution in [0.15, 0.2) is 24.3 Å². The molecule has 7 heteroatoms. The number of likely N-dealkylation sites (N-methyl/N-ethyl adjacent to an activating group) is 1. The van der Waals surface area contributed by atoms with Gasteiger partial charge in [-0.25, -0.2) is 4.98 Å². The largest absolute Gasteiger partial charge is 0.493 e. The molecule has 1 aliphatic rings. The number of methoxy groups -OCH3 is 1. The molecule has 0 fully saturated rings. The summed E-state index contributed by atoms with van der Waals surface area (Å²) in [4.78, 5) is 20.2. The molecule has 0 saturated carbocycles. The molecule has 24 heavy (non-hydrogen) atoms. The number of anilines is 1. The number of ether oxygens (including phenoxy) is 2. The first kappa shape index (κ1) is 16.7. The summed E-state index contributed by atoms with van der Waals surface area (Å²) in [5, 5.41) is 3.47. The molecule has 1 amide bonds. The van der Waals surface area contributed by atoms with E-state index in [9.17, 15) is 4.79 Å². The van der Waals surface area contributed by atoms with E-state index in [2.05, 4.69) is 22.1 Å². The standard InChI is InChI=1S/C17H21N3O3S/c1-3-20-9-8-12-15(10-20)24-17(18-12)19-16(21)11-23-14-7-5-4-6-13(14)22-2/h4-7H,3,8-11H2,1-2H3,(H,18,19,21). The molecule has 6 nitrogen and oxygen atoms in total. The molecule has 2 heterocycles. The van der Waals surface area contributed by atoms with Crippen LogP contribution in [0.1, 0.15) is 17.5 Å². The number of hydrogen-bond acceptors (Lipinski definition) is 6. The number of amides is 1. The fraction of sp³-hybridized carbons (Fsp3) is 0.412. The van der Waals surface area contributed by atoms with Gasteiger partial charge in [-0.1, -0.05) is 19.1 Å². The number of benzene rings is 1. The van der Waals surface area contributed by atoms with Gasteiger partial charge in [0.05, 0.1) is 12.8 Å². The van der Waals surface area contributed by atoms with Crippen LogP contribution in [0.2, 0.25) is 0 Å². The molecule has 3 rings (SSSR count). The normalized spacial score (nSPS) is 14.1. The van der Waals surface area contributed by atoms with E-state index in [-0.39, 0.29) is 12.5 Å². The highest BCUT2D eigenvalue weighted by Crippen LogP contribution is 2.28. The molecule has 1 aromatic heterocycles. The zero-order chi connectivity index (χ0) is 16.9. The van der Waals surface area contributed by atoms with Crippen LogP contribution in [-0.2, 0) is 17.8 Å². The van der Waals surface area contributed by atoms with E-state index < -0.39 is 0 Å². The quantitative estimate of drug-likeness (QED) is 0.870. The topological polar surface area (TPSA) is 63.7 Å². The summed E-state index contributed by atoms with van der Waals surface area (Å²) in [6.07, 6.45) is 0.938.